The van der Waals surface area contributed by atoms with E-state index < -0.39 is 0 Å². The van der Waals surface area contributed by atoms with Crippen LogP contribution in [0.15, 0.2) is 0 Å². The van der Waals surface area contributed by atoms with Crippen LogP contribution >= 0.6 is 0 Å². The molecule has 0 heterocycles. The Balaban J connectivity index is 1.68. The molecule has 124 valence electrons. The van der Waals surface area contributed by atoms with Crippen LogP contribution in [-0.2, 0) is 4.79 Å². The fourth-order valence-corrected chi connectivity index (χ4v) is 6.99. The molecule has 2 N–H and O–H groups in total. The molecule has 4 aliphatic carbocycles. The van der Waals surface area contributed by atoms with Crippen LogP contribution in [0.1, 0.15) is 65.2 Å². The van der Waals surface area contributed by atoms with E-state index in [-0.39, 0.29) is 29.0 Å². The molecule has 0 bridgehead atoms. The Morgan fingerprint density at radius 1 is 0.955 bits per heavy atom. The van der Waals surface area contributed by atoms with Crippen molar-refractivity contribution in [2.75, 3.05) is 0 Å². The molecule has 4 aliphatic rings. The van der Waals surface area contributed by atoms with Gasteiger partial charge < -0.3 is 10.2 Å². The van der Waals surface area contributed by atoms with E-state index in [1.807, 2.05) is 0 Å². The fourth-order valence-electron chi connectivity index (χ4n) is 6.99. The largest absolute Gasteiger partial charge is 0.393 e. The van der Waals surface area contributed by atoms with Gasteiger partial charge in [-0.3, -0.25) is 4.79 Å². The molecule has 0 amide bonds. The number of Topliss-reactive ketones (excluding diaryl/α,β-unsaturated/α-hetero) is 1. The van der Waals surface area contributed by atoms with Gasteiger partial charge in [0.1, 0.15) is 5.78 Å². The number of hydrogen-bond acceptors (Lipinski definition) is 3. The average molecular weight is 306 g/mol. The maximum absolute atomic E-state index is 12.8. The van der Waals surface area contributed by atoms with Crippen molar-refractivity contribution in [1.29, 1.82) is 0 Å². The minimum atomic E-state index is -0.277. The SMILES string of the molecule is C[C@]12CCC(O)CC1C(=O)C[C@@H]1[C@H]2CC[C@]2(C)C(O)CC[C@@H]12. The Morgan fingerprint density at radius 2 is 1.64 bits per heavy atom. The van der Waals surface area contributed by atoms with Gasteiger partial charge in [0, 0.05) is 12.3 Å². The van der Waals surface area contributed by atoms with Crippen molar-refractivity contribution in [1.82, 2.24) is 0 Å². The molecule has 0 aromatic rings. The number of fused-ring (bicyclic) bond motifs is 5. The zero-order valence-corrected chi connectivity index (χ0v) is 13.9. The van der Waals surface area contributed by atoms with E-state index in [0.717, 1.165) is 38.5 Å². The van der Waals surface area contributed by atoms with Crippen molar-refractivity contribution in [2.45, 2.75) is 77.4 Å². The summed E-state index contributed by atoms with van der Waals surface area (Å²) in [5.74, 6) is 2.09. The summed E-state index contributed by atoms with van der Waals surface area (Å²) in [6, 6.07) is 0. The van der Waals surface area contributed by atoms with Gasteiger partial charge in [-0.05, 0) is 73.5 Å². The maximum atomic E-state index is 12.8. The van der Waals surface area contributed by atoms with Gasteiger partial charge in [0.05, 0.1) is 12.2 Å². The molecule has 0 radical (unpaired) electrons. The third-order valence-electron chi connectivity index (χ3n) is 8.38. The first-order valence-electron chi connectivity index (χ1n) is 9.25. The third kappa shape index (κ3) is 1.84. The molecule has 0 aromatic carbocycles. The van der Waals surface area contributed by atoms with Crippen molar-refractivity contribution < 1.29 is 15.0 Å². The Kier molecular flexibility index (Phi) is 3.30. The van der Waals surface area contributed by atoms with Gasteiger partial charge in [-0.2, -0.15) is 0 Å². The van der Waals surface area contributed by atoms with E-state index in [1.54, 1.807) is 0 Å². The van der Waals surface area contributed by atoms with Crippen molar-refractivity contribution in [3.05, 3.63) is 0 Å². The van der Waals surface area contributed by atoms with Gasteiger partial charge in [0.15, 0.2) is 0 Å². The highest BCUT2D eigenvalue weighted by molar-refractivity contribution is 5.83. The number of hydrogen-bond donors (Lipinski definition) is 2. The Bertz CT molecular complexity index is 489. The molecule has 4 fully saturated rings. The van der Waals surface area contributed by atoms with Crippen LogP contribution in [0.5, 0.6) is 0 Å². The molecular weight excluding hydrogens is 276 g/mol. The Morgan fingerprint density at radius 3 is 2.41 bits per heavy atom. The first-order valence-corrected chi connectivity index (χ1v) is 9.25. The van der Waals surface area contributed by atoms with Crippen molar-refractivity contribution in [3.8, 4) is 0 Å². The Labute approximate surface area is 133 Å². The van der Waals surface area contributed by atoms with E-state index in [1.165, 1.54) is 0 Å². The lowest BCUT2D eigenvalue weighted by atomic mass is 9.45. The standard InChI is InChI=1S/C19H30O3/c1-18-7-5-11(20)9-15(18)16(21)10-12-13-3-4-17(22)19(13,2)8-6-14(12)18/h11-15,17,20,22H,3-10H2,1-2H3/t11?,12-,13-,14+,15?,17?,18+,19-/m0/s1. The molecule has 4 saturated carbocycles. The topological polar surface area (TPSA) is 57.5 Å². The van der Waals surface area contributed by atoms with Crippen molar-refractivity contribution in [3.63, 3.8) is 0 Å². The predicted molar refractivity (Wildman–Crippen MR) is 84.1 cm³/mol. The maximum Gasteiger partial charge on any atom is 0.136 e. The molecule has 0 spiro atoms. The van der Waals surface area contributed by atoms with Crippen LogP contribution in [0.3, 0.4) is 0 Å². The van der Waals surface area contributed by atoms with Gasteiger partial charge in [-0.15, -0.1) is 0 Å². The summed E-state index contributed by atoms with van der Waals surface area (Å²) in [4.78, 5) is 12.8. The van der Waals surface area contributed by atoms with E-state index in [9.17, 15) is 15.0 Å². The van der Waals surface area contributed by atoms with Gasteiger partial charge in [-0.25, -0.2) is 0 Å². The number of carbonyl (C=O) groups excluding carboxylic acids is 1. The highest BCUT2D eigenvalue weighted by Crippen LogP contribution is 2.65. The van der Waals surface area contributed by atoms with Crippen molar-refractivity contribution in [2.24, 2.45) is 34.5 Å². The summed E-state index contributed by atoms with van der Waals surface area (Å²) in [6.45, 7) is 4.58. The van der Waals surface area contributed by atoms with Gasteiger partial charge >= 0.3 is 0 Å². The average Bonchev–Trinajstić information content (AvgIpc) is 2.77. The predicted octanol–water partition coefficient (Wildman–Crippen LogP) is 2.93. The van der Waals surface area contributed by atoms with Crippen LogP contribution in [0.25, 0.3) is 0 Å². The monoisotopic (exact) mass is 306 g/mol. The smallest absolute Gasteiger partial charge is 0.136 e. The lowest BCUT2D eigenvalue weighted by Gasteiger charge is -2.59. The summed E-state index contributed by atoms with van der Waals surface area (Å²) in [5, 5.41) is 20.5. The molecule has 3 unspecified atom stereocenters. The molecule has 4 rings (SSSR count). The lowest BCUT2D eigenvalue weighted by Crippen LogP contribution is -2.57. The second-order valence-electron chi connectivity index (χ2n) is 9.17. The molecule has 3 heteroatoms. The summed E-state index contributed by atoms with van der Waals surface area (Å²) >= 11 is 0. The minimum Gasteiger partial charge on any atom is -0.393 e. The number of aliphatic hydroxyl groups excluding tert-OH is 2. The highest BCUT2D eigenvalue weighted by Gasteiger charge is 2.61. The van der Waals surface area contributed by atoms with Gasteiger partial charge in [-0.1, -0.05) is 13.8 Å². The Hall–Kier alpha value is -0.410. The zero-order chi connectivity index (χ0) is 15.7. The van der Waals surface area contributed by atoms with Gasteiger partial charge in [0.25, 0.3) is 0 Å². The van der Waals surface area contributed by atoms with Crippen LogP contribution < -0.4 is 0 Å². The second kappa shape index (κ2) is 4.80. The summed E-state index contributed by atoms with van der Waals surface area (Å²) < 4.78 is 0. The number of carbonyl (C=O) groups is 1. The zero-order valence-electron chi connectivity index (χ0n) is 13.9. The number of aliphatic hydroxyl groups is 2. The third-order valence-corrected chi connectivity index (χ3v) is 8.38. The first kappa shape index (κ1) is 15.1. The molecule has 8 atom stereocenters. The van der Waals surface area contributed by atoms with E-state index in [0.29, 0.717) is 36.4 Å². The van der Waals surface area contributed by atoms with Crippen LogP contribution in [-0.4, -0.2) is 28.2 Å². The second-order valence-corrected chi connectivity index (χ2v) is 9.17. The van der Waals surface area contributed by atoms with E-state index in [2.05, 4.69) is 13.8 Å². The normalized spacial score (nSPS) is 57.9. The molecule has 0 aliphatic heterocycles. The molecule has 0 saturated heterocycles. The molecule has 3 nitrogen and oxygen atoms in total. The minimum absolute atomic E-state index is 0.0405. The number of rotatable bonds is 0. The summed E-state index contributed by atoms with van der Waals surface area (Å²) in [7, 11) is 0. The molecular formula is C19H30O3. The first-order chi connectivity index (χ1) is 10.4. The number of ketones is 1. The lowest BCUT2D eigenvalue weighted by molar-refractivity contribution is -0.161. The van der Waals surface area contributed by atoms with Crippen LogP contribution in [0.2, 0.25) is 0 Å². The molecule has 22 heavy (non-hydrogen) atoms. The summed E-state index contributed by atoms with van der Waals surface area (Å²) in [6.07, 6.45) is 7.06. The van der Waals surface area contributed by atoms with Gasteiger partial charge in [0.2, 0.25) is 0 Å². The van der Waals surface area contributed by atoms with E-state index in [4.69, 9.17) is 0 Å². The quantitative estimate of drug-likeness (QED) is 0.723. The molecule has 0 aromatic heterocycles. The van der Waals surface area contributed by atoms with Crippen LogP contribution in [0.4, 0.5) is 0 Å². The highest BCUT2D eigenvalue weighted by atomic mass is 16.3. The fraction of sp³-hybridized carbons (Fsp3) is 0.947. The van der Waals surface area contributed by atoms with Crippen molar-refractivity contribution >= 4 is 5.78 Å². The van der Waals surface area contributed by atoms with Crippen LogP contribution in [0, 0.1) is 34.5 Å². The van der Waals surface area contributed by atoms with E-state index >= 15 is 0 Å². The summed E-state index contributed by atoms with van der Waals surface area (Å²) in [5.41, 5.74) is 0.132.